The molecule has 4 heteroatoms. The minimum absolute atomic E-state index is 0.0593. The summed E-state index contributed by atoms with van der Waals surface area (Å²) < 4.78 is 13.6. The Morgan fingerprint density at radius 1 is 0.773 bits per heavy atom. The third-order valence-corrected chi connectivity index (χ3v) is 4.19. The number of rotatable bonds is 5. The van der Waals surface area contributed by atoms with Crippen molar-refractivity contribution in [2.75, 3.05) is 0 Å². The Bertz CT molecular complexity index is 597. The van der Waals surface area contributed by atoms with Gasteiger partial charge in [0.15, 0.2) is 23.1 Å². The molecule has 2 atom stereocenters. The number of hydrogen-bond acceptors (Lipinski definition) is 3. The summed E-state index contributed by atoms with van der Waals surface area (Å²) in [4.78, 5) is 0. The minimum Gasteiger partial charge on any atom is -0.505 e. The molecular weight excluding hydrogens is 283 g/mol. The van der Waals surface area contributed by atoms with Gasteiger partial charge in [0.25, 0.3) is 0 Å². The smallest absolute Gasteiger partial charge is 0.165 e. The van der Waals surface area contributed by atoms with Crippen LogP contribution in [0.1, 0.15) is 49.7 Å². The van der Waals surface area contributed by atoms with Gasteiger partial charge < -0.3 is 15.3 Å². The van der Waals surface area contributed by atoms with E-state index in [0.717, 1.165) is 24.0 Å². The van der Waals surface area contributed by atoms with Crippen LogP contribution < -0.4 is 0 Å². The van der Waals surface area contributed by atoms with Crippen LogP contribution in [-0.4, -0.2) is 15.3 Å². The second kappa shape index (κ2) is 6.69. The fraction of sp³-hybridized carbons (Fsp3) is 0.333. The number of phenols is 3. The van der Waals surface area contributed by atoms with E-state index < -0.39 is 5.82 Å². The molecule has 3 nitrogen and oxygen atoms in total. The quantitative estimate of drug-likeness (QED) is 0.706. The normalized spacial score (nSPS) is 13.8. The van der Waals surface area contributed by atoms with Gasteiger partial charge >= 0.3 is 0 Å². The lowest BCUT2D eigenvalue weighted by Crippen LogP contribution is -2.10. The zero-order valence-corrected chi connectivity index (χ0v) is 12.8. The molecule has 0 aliphatic rings. The van der Waals surface area contributed by atoms with E-state index in [1.807, 2.05) is 13.8 Å². The molecule has 0 bridgehead atoms. The lowest BCUT2D eigenvalue weighted by atomic mass is 9.78. The van der Waals surface area contributed by atoms with E-state index in [1.54, 1.807) is 18.2 Å². The molecule has 0 fully saturated rings. The topological polar surface area (TPSA) is 60.7 Å². The molecule has 0 heterocycles. The Morgan fingerprint density at radius 3 is 1.73 bits per heavy atom. The van der Waals surface area contributed by atoms with Crippen molar-refractivity contribution < 1.29 is 19.7 Å². The molecular formula is C18H21FO3. The highest BCUT2D eigenvalue weighted by Gasteiger charge is 2.23. The summed E-state index contributed by atoms with van der Waals surface area (Å²) in [6.07, 6.45) is 1.61. The fourth-order valence-electron chi connectivity index (χ4n) is 3.03. The van der Waals surface area contributed by atoms with E-state index in [4.69, 9.17) is 0 Å². The van der Waals surface area contributed by atoms with E-state index in [1.165, 1.54) is 18.2 Å². The van der Waals surface area contributed by atoms with Crippen molar-refractivity contribution in [1.82, 2.24) is 0 Å². The van der Waals surface area contributed by atoms with Crippen molar-refractivity contribution in [2.45, 2.75) is 38.5 Å². The molecule has 0 saturated heterocycles. The molecule has 0 aliphatic heterocycles. The molecule has 2 aromatic carbocycles. The van der Waals surface area contributed by atoms with Crippen LogP contribution in [0.4, 0.5) is 4.39 Å². The van der Waals surface area contributed by atoms with Gasteiger partial charge in [-0.3, -0.25) is 0 Å². The number of benzene rings is 2. The van der Waals surface area contributed by atoms with E-state index in [9.17, 15) is 19.7 Å². The number of halogens is 1. The summed E-state index contributed by atoms with van der Waals surface area (Å²) in [7, 11) is 0. The number of aromatic hydroxyl groups is 3. The molecule has 0 unspecified atom stereocenters. The fourth-order valence-corrected chi connectivity index (χ4v) is 3.03. The van der Waals surface area contributed by atoms with Crippen LogP contribution in [0.5, 0.6) is 17.2 Å². The van der Waals surface area contributed by atoms with Crippen LogP contribution >= 0.6 is 0 Å². The summed E-state index contributed by atoms with van der Waals surface area (Å²) in [5.74, 6) is -1.14. The monoisotopic (exact) mass is 304 g/mol. The Labute approximate surface area is 129 Å². The second-order valence-corrected chi connectivity index (χ2v) is 5.49. The van der Waals surface area contributed by atoms with E-state index in [0.29, 0.717) is 0 Å². The van der Waals surface area contributed by atoms with Gasteiger partial charge in [-0.1, -0.05) is 26.0 Å². The maximum absolute atomic E-state index is 13.6. The van der Waals surface area contributed by atoms with Crippen molar-refractivity contribution in [1.29, 1.82) is 0 Å². The van der Waals surface area contributed by atoms with Gasteiger partial charge in [0.2, 0.25) is 0 Å². The third kappa shape index (κ3) is 3.16. The average Bonchev–Trinajstić information content (AvgIpc) is 2.50. The highest BCUT2D eigenvalue weighted by atomic mass is 19.1. The molecule has 0 saturated carbocycles. The average molecular weight is 304 g/mol. The lowest BCUT2D eigenvalue weighted by Gasteiger charge is -2.26. The van der Waals surface area contributed by atoms with Crippen LogP contribution in [0.3, 0.4) is 0 Å². The van der Waals surface area contributed by atoms with Crippen molar-refractivity contribution in [3.05, 3.63) is 53.3 Å². The highest BCUT2D eigenvalue weighted by molar-refractivity contribution is 5.43. The van der Waals surface area contributed by atoms with Crippen LogP contribution in [0, 0.1) is 5.82 Å². The first-order valence-corrected chi connectivity index (χ1v) is 7.48. The molecule has 0 radical (unpaired) electrons. The van der Waals surface area contributed by atoms with Gasteiger partial charge in [-0.15, -0.1) is 0 Å². The van der Waals surface area contributed by atoms with Gasteiger partial charge in [-0.25, -0.2) is 4.39 Å². The van der Waals surface area contributed by atoms with E-state index in [-0.39, 0.29) is 29.1 Å². The van der Waals surface area contributed by atoms with Crippen LogP contribution in [0.25, 0.3) is 0 Å². The van der Waals surface area contributed by atoms with Gasteiger partial charge in [-0.05, 0) is 60.1 Å². The summed E-state index contributed by atoms with van der Waals surface area (Å²) in [6.45, 7) is 4.06. The second-order valence-electron chi connectivity index (χ2n) is 5.49. The van der Waals surface area contributed by atoms with Crippen molar-refractivity contribution in [3.63, 3.8) is 0 Å². The number of phenolic OH excluding ortho intramolecular Hbond substituents is 3. The minimum atomic E-state index is -0.626. The molecule has 0 aromatic heterocycles. The predicted molar refractivity (Wildman–Crippen MR) is 83.9 cm³/mol. The first-order chi connectivity index (χ1) is 10.5. The van der Waals surface area contributed by atoms with Crippen molar-refractivity contribution in [2.24, 2.45) is 0 Å². The highest BCUT2D eigenvalue weighted by Crippen LogP contribution is 2.41. The summed E-state index contributed by atoms with van der Waals surface area (Å²) in [5, 5.41) is 28.5. The predicted octanol–water partition coefficient (Wildman–Crippen LogP) is 4.63. The molecule has 118 valence electrons. The van der Waals surface area contributed by atoms with Gasteiger partial charge in [0.1, 0.15) is 0 Å². The van der Waals surface area contributed by atoms with Crippen LogP contribution in [-0.2, 0) is 0 Å². The van der Waals surface area contributed by atoms with E-state index in [2.05, 4.69) is 0 Å². The maximum atomic E-state index is 13.6. The van der Waals surface area contributed by atoms with Crippen LogP contribution in [0.15, 0.2) is 36.4 Å². The molecule has 0 spiro atoms. The molecule has 0 amide bonds. The Balaban J connectivity index is 2.41. The Morgan fingerprint density at radius 2 is 1.27 bits per heavy atom. The Hall–Kier alpha value is -2.23. The van der Waals surface area contributed by atoms with Gasteiger partial charge in [0.05, 0.1) is 0 Å². The largest absolute Gasteiger partial charge is 0.505 e. The third-order valence-electron chi connectivity index (χ3n) is 4.19. The molecule has 2 aromatic rings. The lowest BCUT2D eigenvalue weighted by molar-refractivity contribution is 0.401. The zero-order chi connectivity index (χ0) is 16.3. The number of hydrogen-bond donors (Lipinski definition) is 3. The van der Waals surface area contributed by atoms with Crippen molar-refractivity contribution in [3.8, 4) is 17.2 Å². The van der Waals surface area contributed by atoms with Gasteiger partial charge in [0, 0.05) is 0 Å². The van der Waals surface area contributed by atoms with Gasteiger partial charge in [-0.2, -0.15) is 0 Å². The standard InChI is InChI=1S/C18H21FO3/c1-3-13(11-5-7-16(20)15(19)9-11)14(4-2)12-6-8-17(21)18(22)10-12/h5-10,13-14,20-22H,3-4H2,1-2H3/t13-,14-/m1/s1. The SMILES string of the molecule is CC[C@H](c1ccc(O)c(O)c1)[C@H](CC)c1ccc(O)c(F)c1. The molecule has 0 aliphatic carbocycles. The summed E-state index contributed by atoms with van der Waals surface area (Å²) in [5.41, 5.74) is 1.72. The molecule has 22 heavy (non-hydrogen) atoms. The zero-order valence-electron chi connectivity index (χ0n) is 12.8. The molecule has 2 rings (SSSR count). The molecule has 3 N–H and O–H groups in total. The summed E-state index contributed by atoms with van der Waals surface area (Å²) in [6, 6.07) is 9.28. The first-order valence-electron chi connectivity index (χ1n) is 7.48. The van der Waals surface area contributed by atoms with Crippen molar-refractivity contribution >= 4 is 0 Å². The van der Waals surface area contributed by atoms with Crippen LogP contribution in [0.2, 0.25) is 0 Å². The maximum Gasteiger partial charge on any atom is 0.165 e. The summed E-state index contributed by atoms with van der Waals surface area (Å²) >= 11 is 0. The van der Waals surface area contributed by atoms with E-state index >= 15 is 0 Å². The Kier molecular flexibility index (Phi) is 4.91. The first kappa shape index (κ1) is 16.1.